The molecule has 1 atom stereocenters. The molecule has 1 N–H and O–H groups in total. The summed E-state index contributed by atoms with van der Waals surface area (Å²) in [6.07, 6.45) is 0. The third kappa shape index (κ3) is 3.81. The standard InChI is InChI=1S/C17H20FNO/c1-3-19-13(2)16-10-9-15(18)11-17(16)20-12-14-7-5-4-6-8-14/h4-11,13,19H,3,12H2,1-2H3. The number of halogens is 1. The first kappa shape index (κ1) is 14.5. The van der Waals surface area contributed by atoms with Gasteiger partial charge in [0.2, 0.25) is 0 Å². The SMILES string of the molecule is CCNC(C)c1ccc(F)cc1OCc1ccccc1. The Kier molecular flexibility index (Phi) is 5.13. The lowest BCUT2D eigenvalue weighted by molar-refractivity contribution is 0.298. The van der Waals surface area contributed by atoms with Gasteiger partial charge < -0.3 is 10.1 Å². The highest BCUT2D eigenvalue weighted by Gasteiger charge is 2.12. The van der Waals surface area contributed by atoms with Crippen LogP contribution in [0.5, 0.6) is 5.75 Å². The van der Waals surface area contributed by atoms with E-state index < -0.39 is 0 Å². The van der Waals surface area contributed by atoms with Crippen molar-refractivity contribution in [3.8, 4) is 5.75 Å². The second kappa shape index (κ2) is 7.06. The maximum atomic E-state index is 13.4. The Morgan fingerprint density at radius 2 is 1.90 bits per heavy atom. The van der Waals surface area contributed by atoms with E-state index in [1.165, 1.54) is 12.1 Å². The minimum absolute atomic E-state index is 0.131. The molecule has 0 amide bonds. The summed E-state index contributed by atoms with van der Waals surface area (Å²) in [6.45, 7) is 5.39. The number of ether oxygens (including phenoxy) is 1. The second-order valence-electron chi connectivity index (χ2n) is 4.74. The topological polar surface area (TPSA) is 21.3 Å². The maximum absolute atomic E-state index is 13.4. The smallest absolute Gasteiger partial charge is 0.127 e. The molecule has 106 valence electrons. The predicted octanol–water partition coefficient (Wildman–Crippen LogP) is 4.08. The number of benzene rings is 2. The molecule has 0 aliphatic heterocycles. The summed E-state index contributed by atoms with van der Waals surface area (Å²) >= 11 is 0. The van der Waals surface area contributed by atoms with Crippen molar-refractivity contribution in [2.75, 3.05) is 6.54 Å². The van der Waals surface area contributed by atoms with Crippen LogP contribution in [0.1, 0.15) is 31.0 Å². The fraction of sp³-hybridized carbons (Fsp3) is 0.294. The van der Waals surface area contributed by atoms with E-state index in [2.05, 4.69) is 5.32 Å². The van der Waals surface area contributed by atoms with Crippen LogP contribution < -0.4 is 10.1 Å². The summed E-state index contributed by atoms with van der Waals surface area (Å²) in [7, 11) is 0. The molecular weight excluding hydrogens is 253 g/mol. The summed E-state index contributed by atoms with van der Waals surface area (Å²) in [5.74, 6) is 0.322. The Morgan fingerprint density at radius 3 is 2.60 bits per heavy atom. The first-order valence-corrected chi connectivity index (χ1v) is 6.90. The molecule has 2 nitrogen and oxygen atoms in total. The first-order chi connectivity index (χ1) is 9.70. The molecule has 0 saturated heterocycles. The van der Waals surface area contributed by atoms with Crippen molar-refractivity contribution in [1.29, 1.82) is 0 Å². The van der Waals surface area contributed by atoms with Crippen LogP contribution in [0, 0.1) is 5.82 Å². The maximum Gasteiger partial charge on any atom is 0.127 e. The van der Waals surface area contributed by atoms with Crippen LogP contribution in [-0.4, -0.2) is 6.54 Å². The monoisotopic (exact) mass is 273 g/mol. The Balaban J connectivity index is 2.15. The van der Waals surface area contributed by atoms with Crippen molar-refractivity contribution in [2.45, 2.75) is 26.5 Å². The van der Waals surface area contributed by atoms with Gasteiger partial charge >= 0.3 is 0 Å². The summed E-state index contributed by atoms with van der Waals surface area (Å²) in [5, 5.41) is 3.32. The van der Waals surface area contributed by atoms with E-state index in [1.54, 1.807) is 6.07 Å². The van der Waals surface area contributed by atoms with Gasteiger partial charge in [-0.25, -0.2) is 4.39 Å². The van der Waals surface area contributed by atoms with Crippen LogP contribution in [0.15, 0.2) is 48.5 Å². The highest BCUT2D eigenvalue weighted by atomic mass is 19.1. The summed E-state index contributed by atoms with van der Waals surface area (Å²) in [6, 6.07) is 14.7. The lowest BCUT2D eigenvalue weighted by atomic mass is 10.1. The van der Waals surface area contributed by atoms with Crippen molar-refractivity contribution in [3.63, 3.8) is 0 Å². The zero-order valence-corrected chi connectivity index (χ0v) is 11.9. The van der Waals surface area contributed by atoms with Crippen LogP contribution in [0.25, 0.3) is 0 Å². The Bertz CT molecular complexity index is 542. The van der Waals surface area contributed by atoms with Crippen molar-refractivity contribution >= 4 is 0 Å². The Morgan fingerprint density at radius 1 is 1.15 bits per heavy atom. The van der Waals surface area contributed by atoms with Crippen molar-refractivity contribution < 1.29 is 9.13 Å². The lowest BCUT2D eigenvalue weighted by Crippen LogP contribution is -2.18. The zero-order valence-electron chi connectivity index (χ0n) is 11.9. The highest BCUT2D eigenvalue weighted by molar-refractivity contribution is 5.36. The average Bonchev–Trinajstić information content (AvgIpc) is 2.46. The second-order valence-corrected chi connectivity index (χ2v) is 4.74. The molecule has 0 fully saturated rings. The third-order valence-electron chi connectivity index (χ3n) is 3.19. The fourth-order valence-corrected chi connectivity index (χ4v) is 2.14. The van der Waals surface area contributed by atoms with Gasteiger partial charge in [-0.3, -0.25) is 0 Å². The normalized spacial score (nSPS) is 12.2. The van der Waals surface area contributed by atoms with Gasteiger partial charge in [0.15, 0.2) is 0 Å². The molecule has 2 rings (SSSR count). The highest BCUT2D eigenvalue weighted by Crippen LogP contribution is 2.26. The third-order valence-corrected chi connectivity index (χ3v) is 3.19. The van der Waals surface area contributed by atoms with Gasteiger partial charge in [-0.15, -0.1) is 0 Å². The predicted molar refractivity (Wildman–Crippen MR) is 79.3 cm³/mol. The van der Waals surface area contributed by atoms with Crippen LogP contribution in [0.3, 0.4) is 0 Å². The van der Waals surface area contributed by atoms with Crippen molar-refractivity contribution in [3.05, 3.63) is 65.5 Å². The zero-order chi connectivity index (χ0) is 14.4. The largest absolute Gasteiger partial charge is 0.488 e. The minimum Gasteiger partial charge on any atom is -0.488 e. The quantitative estimate of drug-likeness (QED) is 0.856. The molecule has 0 radical (unpaired) electrons. The van der Waals surface area contributed by atoms with Crippen LogP contribution in [0.4, 0.5) is 4.39 Å². The van der Waals surface area contributed by atoms with E-state index in [0.717, 1.165) is 17.7 Å². The van der Waals surface area contributed by atoms with E-state index in [1.807, 2.05) is 44.2 Å². The molecule has 1 unspecified atom stereocenters. The fourth-order valence-electron chi connectivity index (χ4n) is 2.14. The summed E-state index contributed by atoms with van der Waals surface area (Å²) in [4.78, 5) is 0. The van der Waals surface area contributed by atoms with E-state index in [0.29, 0.717) is 12.4 Å². The molecule has 2 aromatic rings. The molecule has 20 heavy (non-hydrogen) atoms. The van der Waals surface area contributed by atoms with E-state index in [-0.39, 0.29) is 11.9 Å². The van der Waals surface area contributed by atoms with E-state index in [4.69, 9.17) is 4.74 Å². The van der Waals surface area contributed by atoms with Gasteiger partial charge in [-0.1, -0.05) is 43.3 Å². The number of nitrogens with one attached hydrogen (secondary N) is 1. The summed E-state index contributed by atoms with van der Waals surface area (Å²) < 4.78 is 19.2. The van der Waals surface area contributed by atoms with Crippen LogP contribution in [0.2, 0.25) is 0 Å². The number of rotatable bonds is 6. The van der Waals surface area contributed by atoms with Gasteiger partial charge in [0, 0.05) is 17.7 Å². The molecule has 0 aromatic heterocycles. The van der Waals surface area contributed by atoms with E-state index in [9.17, 15) is 4.39 Å². The van der Waals surface area contributed by atoms with Crippen LogP contribution >= 0.6 is 0 Å². The van der Waals surface area contributed by atoms with Crippen molar-refractivity contribution in [2.24, 2.45) is 0 Å². The minimum atomic E-state index is -0.277. The molecular formula is C17H20FNO. The number of hydrogen-bond acceptors (Lipinski definition) is 2. The molecule has 0 spiro atoms. The van der Waals surface area contributed by atoms with Gasteiger partial charge in [-0.05, 0) is 25.1 Å². The first-order valence-electron chi connectivity index (χ1n) is 6.90. The molecule has 2 aromatic carbocycles. The lowest BCUT2D eigenvalue weighted by Gasteiger charge is -2.18. The average molecular weight is 273 g/mol. The molecule has 0 heterocycles. The Hall–Kier alpha value is -1.87. The summed E-state index contributed by atoms with van der Waals surface area (Å²) in [5.41, 5.74) is 2.04. The molecule has 0 saturated carbocycles. The Labute approximate surface area is 119 Å². The molecule has 0 aliphatic rings. The number of hydrogen-bond donors (Lipinski definition) is 1. The van der Waals surface area contributed by atoms with Gasteiger partial charge in [0.25, 0.3) is 0 Å². The van der Waals surface area contributed by atoms with E-state index >= 15 is 0 Å². The van der Waals surface area contributed by atoms with Crippen LogP contribution in [-0.2, 0) is 6.61 Å². The van der Waals surface area contributed by atoms with Gasteiger partial charge in [0.1, 0.15) is 18.2 Å². The molecule has 0 bridgehead atoms. The van der Waals surface area contributed by atoms with Crippen molar-refractivity contribution in [1.82, 2.24) is 5.32 Å². The van der Waals surface area contributed by atoms with Gasteiger partial charge in [0.05, 0.1) is 0 Å². The molecule has 3 heteroatoms. The van der Waals surface area contributed by atoms with Gasteiger partial charge in [-0.2, -0.15) is 0 Å². The molecule has 0 aliphatic carbocycles.